The molecule has 0 heterocycles. The molecule has 2 aromatic rings. The van der Waals surface area contributed by atoms with Gasteiger partial charge in [-0.15, -0.1) is 0 Å². The van der Waals surface area contributed by atoms with Gasteiger partial charge < -0.3 is 20.5 Å². The first-order valence-corrected chi connectivity index (χ1v) is 11.8. The summed E-state index contributed by atoms with van der Waals surface area (Å²) in [6, 6.07) is 15.4. The molecule has 0 aromatic heterocycles. The number of alkyl carbamates (subject to hydrolysis) is 1. The van der Waals surface area contributed by atoms with Gasteiger partial charge in [-0.1, -0.05) is 76.2 Å². The highest BCUT2D eigenvalue weighted by molar-refractivity contribution is 5.84. The van der Waals surface area contributed by atoms with E-state index in [9.17, 15) is 19.5 Å². The zero-order chi connectivity index (χ0) is 24.8. The van der Waals surface area contributed by atoms with Gasteiger partial charge in [0.2, 0.25) is 5.91 Å². The van der Waals surface area contributed by atoms with Crippen molar-refractivity contribution in [3.8, 4) is 11.1 Å². The molecule has 2 amide bonds. The van der Waals surface area contributed by atoms with Gasteiger partial charge in [0.05, 0.1) is 0 Å². The minimum absolute atomic E-state index is 0.0196. The Morgan fingerprint density at radius 3 is 1.97 bits per heavy atom. The fourth-order valence-corrected chi connectivity index (χ4v) is 4.39. The Hall–Kier alpha value is -3.35. The van der Waals surface area contributed by atoms with Crippen molar-refractivity contribution in [3.63, 3.8) is 0 Å². The molecule has 2 atom stereocenters. The lowest BCUT2D eigenvalue weighted by Crippen LogP contribution is -2.45. The third-order valence-corrected chi connectivity index (χ3v) is 6.49. The molecule has 0 aliphatic heterocycles. The number of fused-ring (bicyclic) bond motifs is 3. The molecule has 3 rings (SSSR count). The third kappa shape index (κ3) is 5.95. The van der Waals surface area contributed by atoms with Gasteiger partial charge >= 0.3 is 12.1 Å². The molecule has 7 nitrogen and oxygen atoms in total. The van der Waals surface area contributed by atoms with Crippen LogP contribution in [0.1, 0.15) is 51.2 Å². The number of ether oxygens (including phenoxy) is 1. The lowest BCUT2D eigenvalue weighted by atomic mass is 9.91. The zero-order valence-corrected chi connectivity index (χ0v) is 20.2. The number of carboxylic acids is 1. The van der Waals surface area contributed by atoms with Crippen molar-refractivity contribution in [3.05, 3.63) is 59.7 Å². The minimum Gasteiger partial charge on any atom is -0.480 e. The number of amides is 2. The first kappa shape index (κ1) is 25.3. The van der Waals surface area contributed by atoms with Crippen LogP contribution in [0.15, 0.2) is 48.5 Å². The maximum atomic E-state index is 12.5. The zero-order valence-electron chi connectivity index (χ0n) is 20.2. The molecule has 3 N–H and O–H groups in total. The van der Waals surface area contributed by atoms with E-state index in [1.807, 2.05) is 38.1 Å². The summed E-state index contributed by atoms with van der Waals surface area (Å²) in [6.07, 6.45) is -0.406. The highest BCUT2D eigenvalue weighted by Crippen LogP contribution is 2.44. The van der Waals surface area contributed by atoms with Crippen molar-refractivity contribution in [1.82, 2.24) is 10.6 Å². The van der Waals surface area contributed by atoms with E-state index >= 15 is 0 Å². The lowest BCUT2D eigenvalue weighted by Gasteiger charge is -2.23. The summed E-state index contributed by atoms with van der Waals surface area (Å²) >= 11 is 0. The van der Waals surface area contributed by atoms with Gasteiger partial charge in [0.15, 0.2) is 0 Å². The van der Waals surface area contributed by atoms with Crippen LogP contribution < -0.4 is 10.6 Å². The van der Waals surface area contributed by atoms with Crippen LogP contribution in [0.4, 0.5) is 4.79 Å². The molecule has 182 valence electrons. The number of carbonyl (C=O) groups excluding carboxylic acids is 2. The summed E-state index contributed by atoms with van der Waals surface area (Å²) < 4.78 is 5.57. The van der Waals surface area contributed by atoms with Gasteiger partial charge in [-0.25, -0.2) is 9.59 Å². The van der Waals surface area contributed by atoms with E-state index in [1.165, 1.54) is 11.1 Å². The van der Waals surface area contributed by atoms with Gasteiger partial charge in [0, 0.05) is 18.9 Å². The number of rotatable bonds is 10. The molecule has 0 bridgehead atoms. The molecule has 1 aliphatic rings. The Balaban J connectivity index is 1.54. The average Bonchev–Trinajstić information content (AvgIpc) is 3.12. The summed E-state index contributed by atoms with van der Waals surface area (Å²) in [6.45, 7) is 7.92. The molecule has 1 unspecified atom stereocenters. The second-order valence-corrected chi connectivity index (χ2v) is 9.54. The van der Waals surface area contributed by atoms with Gasteiger partial charge in [0.25, 0.3) is 0 Å². The smallest absolute Gasteiger partial charge is 0.407 e. The summed E-state index contributed by atoms with van der Waals surface area (Å²) in [4.78, 5) is 36.3. The quantitative estimate of drug-likeness (QED) is 0.481. The van der Waals surface area contributed by atoms with Crippen LogP contribution in [0.3, 0.4) is 0 Å². The fourth-order valence-electron chi connectivity index (χ4n) is 4.39. The Kier molecular flexibility index (Phi) is 8.31. The standard InChI is InChI=1S/C27H34N2O5/c1-16(2)18(13-24(30)29-25(17(3)4)26(31)32)14-28-27(33)34-15-23-21-11-7-5-9-19(21)20-10-6-8-12-22(20)23/h5-12,16-18,23,25H,13-15H2,1-4H3,(H,28,33)(H,29,30)(H,31,32)/t18?,25-/m0/s1. The van der Waals surface area contributed by atoms with Crippen molar-refractivity contribution in [2.75, 3.05) is 13.2 Å². The fraction of sp³-hybridized carbons (Fsp3) is 0.444. The molecule has 0 radical (unpaired) electrons. The van der Waals surface area contributed by atoms with Crippen LogP contribution >= 0.6 is 0 Å². The number of benzene rings is 2. The number of aliphatic carboxylic acids is 1. The largest absolute Gasteiger partial charge is 0.480 e. The lowest BCUT2D eigenvalue weighted by molar-refractivity contribution is -0.143. The van der Waals surface area contributed by atoms with Crippen LogP contribution in [0.5, 0.6) is 0 Å². The van der Waals surface area contributed by atoms with E-state index in [0.717, 1.165) is 11.1 Å². The first-order chi connectivity index (χ1) is 16.2. The number of hydrogen-bond donors (Lipinski definition) is 3. The predicted octanol–water partition coefficient (Wildman–Crippen LogP) is 4.41. The summed E-state index contributed by atoms with van der Waals surface area (Å²) in [7, 11) is 0. The molecular weight excluding hydrogens is 432 g/mol. The Morgan fingerprint density at radius 2 is 1.47 bits per heavy atom. The van der Waals surface area contributed by atoms with Crippen LogP contribution in [-0.4, -0.2) is 42.3 Å². The number of carbonyl (C=O) groups is 3. The molecule has 0 fully saturated rings. The summed E-state index contributed by atoms with van der Waals surface area (Å²) in [5.74, 6) is -1.67. The molecule has 0 saturated carbocycles. The van der Waals surface area contributed by atoms with E-state index in [1.54, 1.807) is 13.8 Å². The number of nitrogens with one attached hydrogen (secondary N) is 2. The maximum absolute atomic E-state index is 12.5. The molecule has 7 heteroatoms. The Morgan fingerprint density at radius 1 is 0.912 bits per heavy atom. The number of hydrogen-bond acceptors (Lipinski definition) is 4. The van der Waals surface area contributed by atoms with Crippen molar-refractivity contribution in [2.24, 2.45) is 17.8 Å². The Bertz CT molecular complexity index is 988. The number of carboxylic acid groups (broad SMARTS) is 1. The molecule has 1 aliphatic carbocycles. The Labute approximate surface area is 200 Å². The van der Waals surface area contributed by atoms with E-state index in [2.05, 4.69) is 34.9 Å². The first-order valence-electron chi connectivity index (χ1n) is 11.8. The second kappa shape index (κ2) is 11.2. The molecule has 34 heavy (non-hydrogen) atoms. The van der Waals surface area contributed by atoms with Gasteiger partial charge in [-0.3, -0.25) is 4.79 Å². The van der Waals surface area contributed by atoms with Crippen LogP contribution in [0, 0.1) is 17.8 Å². The monoisotopic (exact) mass is 466 g/mol. The van der Waals surface area contributed by atoms with Crippen LogP contribution in [0.2, 0.25) is 0 Å². The molecule has 0 spiro atoms. The van der Waals surface area contributed by atoms with Crippen molar-refractivity contribution in [1.29, 1.82) is 0 Å². The van der Waals surface area contributed by atoms with Crippen molar-refractivity contribution >= 4 is 18.0 Å². The summed E-state index contributed by atoms with van der Waals surface area (Å²) in [5.41, 5.74) is 4.62. The van der Waals surface area contributed by atoms with Gasteiger partial charge in [-0.2, -0.15) is 0 Å². The maximum Gasteiger partial charge on any atom is 0.407 e. The molecule has 2 aromatic carbocycles. The van der Waals surface area contributed by atoms with Crippen LogP contribution in [-0.2, 0) is 14.3 Å². The van der Waals surface area contributed by atoms with E-state index < -0.39 is 18.1 Å². The molecular formula is C27H34N2O5. The van der Waals surface area contributed by atoms with Crippen molar-refractivity contribution in [2.45, 2.75) is 46.1 Å². The van der Waals surface area contributed by atoms with E-state index in [4.69, 9.17) is 4.74 Å². The highest BCUT2D eigenvalue weighted by atomic mass is 16.5. The summed E-state index contributed by atoms with van der Waals surface area (Å²) in [5, 5.41) is 14.7. The van der Waals surface area contributed by atoms with E-state index in [-0.39, 0.29) is 49.2 Å². The third-order valence-electron chi connectivity index (χ3n) is 6.49. The SMILES string of the molecule is CC(C)C(CNC(=O)OCC1c2ccccc2-c2ccccc21)CC(=O)N[C@H](C(=O)O)C(C)C. The minimum atomic E-state index is -1.05. The average molecular weight is 467 g/mol. The molecule has 0 saturated heterocycles. The van der Waals surface area contributed by atoms with Gasteiger partial charge in [-0.05, 0) is 40.0 Å². The van der Waals surface area contributed by atoms with E-state index in [0.29, 0.717) is 0 Å². The van der Waals surface area contributed by atoms with Crippen molar-refractivity contribution < 1.29 is 24.2 Å². The normalized spacial score (nSPS) is 14.3. The second-order valence-electron chi connectivity index (χ2n) is 9.54. The van der Waals surface area contributed by atoms with Crippen LogP contribution in [0.25, 0.3) is 11.1 Å². The predicted molar refractivity (Wildman–Crippen MR) is 130 cm³/mol. The van der Waals surface area contributed by atoms with Gasteiger partial charge in [0.1, 0.15) is 12.6 Å². The highest BCUT2D eigenvalue weighted by Gasteiger charge is 2.29. The topological polar surface area (TPSA) is 105 Å².